The fourth-order valence-electron chi connectivity index (χ4n) is 0.845. The van der Waals surface area contributed by atoms with Crippen LogP contribution >= 0.6 is 0 Å². The number of unbranched alkanes of at least 4 members (excludes halogenated alkanes) is 1. The highest BCUT2D eigenvalue weighted by atomic mass is 16.3. The molecule has 0 fully saturated rings. The number of aliphatic hydroxyl groups is 1. The Morgan fingerprint density at radius 3 is 2.73 bits per heavy atom. The lowest BCUT2D eigenvalue weighted by Crippen LogP contribution is -2.32. The van der Waals surface area contributed by atoms with Gasteiger partial charge in [0.25, 0.3) is 0 Å². The van der Waals surface area contributed by atoms with Gasteiger partial charge in [0.2, 0.25) is 0 Å². The lowest BCUT2D eigenvalue weighted by molar-refractivity contribution is 0.158. The third-order valence-corrected chi connectivity index (χ3v) is 1.94. The molecule has 0 aromatic carbocycles. The Balaban J connectivity index is 3.34. The minimum Gasteiger partial charge on any atom is -0.395 e. The molecule has 0 aliphatic heterocycles. The predicted molar refractivity (Wildman–Crippen MR) is 48.6 cm³/mol. The van der Waals surface area contributed by atoms with Gasteiger partial charge in [-0.15, -0.1) is 6.58 Å². The Morgan fingerprint density at radius 2 is 2.27 bits per heavy atom. The van der Waals surface area contributed by atoms with Crippen LogP contribution in [0.3, 0.4) is 0 Å². The summed E-state index contributed by atoms with van der Waals surface area (Å²) in [4.78, 5) is 2.16. The Labute approximate surface area is 69.5 Å². The average molecular weight is 157 g/mol. The second kappa shape index (κ2) is 6.38. The summed E-state index contributed by atoms with van der Waals surface area (Å²) in [6.07, 6.45) is 4.12. The lowest BCUT2D eigenvalue weighted by atomic mass is 10.2. The highest BCUT2D eigenvalue weighted by molar-refractivity contribution is 4.68. The van der Waals surface area contributed by atoms with Crippen molar-refractivity contribution in [2.45, 2.75) is 25.8 Å². The molecule has 0 aromatic rings. The molecule has 0 bridgehead atoms. The SMILES string of the molecule is C=CCCCN(C)C(C)CO. The van der Waals surface area contributed by atoms with E-state index in [1.54, 1.807) is 0 Å². The molecule has 1 N–H and O–H groups in total. The second-order valence-corrected chi connectivity index (χ2v) is 2.94. The molecule has 11 heavy (non-hydrogen) atoms. The normalized spacial score (nSPS) is 13.5. The van der Waals surface area contributed by atoms with Crippen molar-refractivity contribution >= 4 is 0 Å². The Bertz CT molecular complexity index is 104. The summed E-state index contributed by atoms with van der Waals surface area (Å²) in [5.41, 5.74) is 0. The molecule has 0 aliphatic carbocycles. The van der Waals surface area contributed by atoms with Crippen LogP contribution in [0.15, 0.2) is 12.7 Å². The molecule has 0 heterocycles. The summed E-state index contributed by atoms with van der Waals surface area (Å²) < 4.78 is 0. The van der Waals surface area contributed by atoms with E-state index in [0.29, 0.717) is 0 Å². The zero-order valence-corrected chi connectivity index (χ0v) is 7.58. The first-order valence-electron chi connectivity index (χ1n) is 4.14. The van der Waals surface area contributed by atoms with E-state index in [9.17, 15) is 0 Å². The first-order chi connectivity index (χ1) is 5.22. The Morgan fingerprint density at radius 1 is 1.64 bits per heavy atom. The average Bonchev–Trinajstić information content (AvgIpc) is 2.03. The van der Waals surface area contributed by atoms with Gasteiger partial charge in [-0.2, -0.15) is 0 Å². The van der Waals surface area contributed by atoms with Crippen LogP contribution in [0.5, 0.6) is 0 Å². The van der Waals surface area contributed by atoms with Gasteiger partial charge in [0, 0.05) is 6.04 Å². The largest absolute Gasteiger partial charge is 0.395 e. The first-order valence-corrected chi connectivity index (χ1v) is 4.14. The number of allylic oxidation sites excluding steroid dienone is 1. The molecule has 1 atom stereocenters. The molecule has 2 heteroatoms. The molecule has 66 valence electrons. The maximum absolute atomic E-state index is 8.80. The van der Waals surface area contributed by atoms with Crippen LogP contribution in [0.1, 0.15) is 19.8 Å². The highest BCUT2D eigenvalue weighted by Gasteiger charge is 2.05. The molecular weight excluding hydrogens is 138 g/mol. The van der Waals surface area contributed by atoms with Crippen LogP contribution < -0.4 is 0 Å². The van der Waals surface area contributed by atoms with Gasteiger partial charge in [-0.25, -0.2) is 0 Å². The van der Waals surface area contributed by atoms with E-state index in [4.69, 9.17) is 5.11 Å². The van der Waals surface area contributed by atoms with E-state index < -0.39 is 0 Å². The predicted octanol–water partition coefficient (Wildman–Crippen LogP) is 1.27. The van der Waals surface area contributed by atoms with Crippen molar-refractivity contribution < 1.29 is 5.11 Å². The van der Waals surface area contributed by atoms with Crippen molar-refractivity contribution in [1.29, 1.82) is 0 Å². The quantitative estimate of drug-likeness (QED) is 0.463. The van der Waals surface area contributed by atoms with Gasteiger partial charge in [0.15, 0.2) is 0 Å². The number of rotatable bonds is 6. The fourth-order valence-corrected chi connectivity index (χ4v) is 0.845. The molecule has 2 nitrogen and oxygen atoms in total. The molecule has 0 amide bonds. The Hall–Kier alpha value is -0.340. The lowest BCUT2D eigenvalue weighted by Gasteiger charge is -2.22. The van der Waals surface area contributed by atoms with Gasteiger partial charge in [0.1, 0.15) is 0 Å². The smallest absolute Gasteiger partial charge is 0.0584 e. The van der Waals surface area contributed by atoms with Crippen LogP contribution in [-0.4, -0.2) is 36.2 Å². The van der Waals surface area contributed by atoms with Gasteiger partial charge >= 0.3 is 0 Å². The molecule has 0 aromatic heterocycles. The third kappa shape index (κ3) is 4.99. The van der Waals surface area contributed by atoms with Crippen molar-refractivity contribution in [2.24, 2.45) is 0 Å². The van der Waals surface area contributed by atoms with Crippen LogP contribution in [-0.2, 0) is 0 Å². The van der Waals surface area contributed by atoms with Crippen LogP contribution in [0, 0.1) is 0 Å². The molecular formula is C9H19NO. The number of hydrogen-bond acceptors (Lipinski definition) is 2. The summed E-state index contributed by atoms with van der Waals surface area (Å²) in [6, 6.07) is 0.278. The number of nitrogens with zero attached hydrogens (tertiary/aromatic N) is 1. The van der Waals surface area contributed by atoms with Crippen LogP contribution in [0.4, 0.5) is 0 Å². The van der Waals surface area contributed by atoms with E-state index in [1.807, 2.05) is 20.0 Å². The van der Waals surface area contributed by atoms with E-state index >= 15 is 0 Å². The van der Waals surface area contributed by atoms with Crippen molar-refractivity contribution in [2.75, 3.05) is 20.2 Å². The molecule has 0 saturated carbocycles. The molecule has 0 aliphatic rings. The number of aliphatic hydroxyl groups excluding tert-OH is 1. The molecule has 0 rings (SSSR count). The summed E-state index contributed by atoms with van der Waals surface area (Å²) in [5, 5.41) is 8.80. The summed E-state index contributed by atoms with van der Waals surface area (Å²) in [7, 11) is 2.03. The van der Waals surface area contributed by atoms with Gasteiger partial charge < -0.3 is 10.0 Å². The molecule has 0 saturated heterocycles. The first kappa shape index (κ1) is 10.7. The number of likely N-dealkylation sites (N-methyl/N-ethyl adjacent to an activating group) is 1. The van der Waals surface area contributed by atoms with Crippen LogP contribution in [0.2, 0.25) is 0 Å². The summed E-state index contributed by atoms with van der Waals surface area (Å²) in [6.45, 7) is 6.95. The third-order valence-electron chi connectivity index (χ3n) is 1.94. The molecule has 0 spiro atoms. The van der Waals surface area contributed by atoms with Crippen molar-refractivity contribution in [3.63, 3.8) is 0 Å². The zero-order valence-electron chi connectivity index (χ0n) is 7.58. The van der Waals surface area contributed by atoms with E-state index in [0.717, 1.165) is 19.4 Å². The highest BCUT2D eigenvalue weighted by Crippen LogP contribution is 1.98. The minimum atomic E-state index is 0.241. The zero-order chi connectivity index (χ0) is 8.69. The van der Waals surface area contributed by atoms with E-state index in [-0.39, 0.29) is 12.6 Å². The van der Waals surface area contributed by atoms with E-state index in [1.165, 1.54) is 0 Å². The van der Waals surface area contributed by atoms with Crippen molar-refractivity contribution in [3.8, 4) is 0 Å². The number of hydrogen-bond donors (Lipinski definition) is 1. The van der Waals surface area contributed by atoms with Gasteiger partial charge in [0.05, 0.1) is 6.61 Å². The minimum absolute atomic E-state index is 0.241. The maximum atomic E-state index is 8.80. The molecule has 0 radical (unpaired) electrons. The summed E-state index contributed by atoms with van der Waals surface area (Å²) >= 11 is 0. The van der Waals surface area contributed by atoms with Gasteiger partial charge in [-0.05, 0) is 33.4 Å². The van der Waals surface area contributed by atoms with Crippen molar-refractivity contribution in [1.82, 2.24) is 4.90 Å². The Kier molecular flexibility index (Phi) is 6.18. The monoisotopic (exact) mass is 157 g/mol. The topological polar surface area (TPSA) is 23.5 Å². The second-order valence-electron chi connectivity index (χ2n) is 2.94. The molecule has 1 unspecified atom stereocenters. The summed E-state index contributed by atoms with van der Waals surface area (Å²) in [5.74, 6) is 0. The van der Waals surface area contributed by atoms with Gasteiger partial charge in [-0.1, -0.05) is 6.08 Å². The fraction of sp³-hybridized carbons (Fsp3) is 0.778. The van der Waals surface area contributed by atoms with Crippen LogP contribution in [0.25, 0.3) is 0 Å². The van der Waals surface area contributed by atoms with Gasteiger partial charge in [-0.3, -0.25) is 0 Å². The van der Waals surface area contributed by atoms with E-state index in [2.05, 4.69) is 11.5 Å². The van der Waals surface area contributed by atoms with Crippen molar-refractivity contribution in [3.05, 3.63) is 12.7 Å². The standard InChI is InChI=1S/C9H19NO/c1-4-5-6-7-10(3)9(2)8-11/h4,9,11H,1,5-8H2,2-3H3. The maximum Gasteiger partial charge on any atom is 0.0584 e.